The predicted molar refractivity (Wildman–Crippen MR) is 64.3 cm³/mol. The van der Waals surface area contributed by atoms with Gasteiger partial charge in [0.1, 0.15) is 0 Å². The third-order valence-corrected chi connectivity index (χ3v) is 2.28. The van der Waals surface area contributed by atoms with Gasteiger partial charge in [0.15, 0.2) is 0 Å². The Hall–Kier alpha value is -1.55. The highest BCUT2D eigenvalue weighted by Gasteiger charge is 2.14. The van der Waals surface area contributed by atoms with Crippen molar-refractivity contribution >= 4 is 11.6 Å². The summed E-state index contributed by atoms with van der Waals surface area (Å²) in [7, 11) is 3.07. The van der Waals surface area contributed by atoms with Gasteiger partial charge in [0.2, 0.25) is 0 Å². The van der Waals surface area contributed by atoms with Crippen LogP contribution in [-0.2, 0) is 4.84 Å². The molecule has 0 atom stereocenters. The molecule has 0 spiro atoms. The zero-order valence-corrected chi connectivity index (χ0v) is 9.99. The second kappa shape index (κ2) is 6.12. The van der Waals surface area contributed by atoms with E-state index in [4.69, 9.17) is 4.84 Å². The minimum atomic E-state index is -0.151. The SMILES string of the molecule is CCCNc1ccccc1C(=O)N(C)OC. The molecule has 1 aromatic carbocycles. The van der Waals surface area contributed by atoms with Gasteiger partial charge in [-0.3, -0.25) is 9.63 Å². The predicted octanol–water partition coefficient (Wildman–Crippen LogP) is 2.14. The summed E-state index contributed by atoms with van der Waals surface area (Å²) in [5.74, 6) is -0.151. The molecule has 1 rings (SSSR count). The summed E-state index contributed by atoms with van der Waals surface area (Å²) in [6.45, 7) is 2.93. The van der Waals surface area contributed by atoms with Crippen molar-refractivity contribution in [1.82, 2.24) is 5.06 Å². The molecule has 16 heavy (non-hydrogen) atoms. The number of rotatable bonds is 5. The van der Waals surface area contributed by atoms with Crippen LogP contribution in [0, 0.1) is 0 Å². The zero-order valence-electron chi connectivity index (χ0n) is 9.99. The molecule has 1 aromatic rings. The van der Waals surface area contributed by atoms with E-state index in [1.807, 2.05) is 18.2 Å². The van der Waals surface area contributed by atoms with Crippen LogP contribution in [0.15, 0.2) is 24.3 Å². The van der Waals surface area contributed by atoms with E-state index in [1.165, 1.54) is 12.2 Å². The molecule has 0 aliphatic heterocycles. The second-order valence-electron chi connectivity index (χ2n) is 3.46. The summed E-state index contributed by atoms with van der Waals surface area (Å²) in [5.41, 5.74) is 1.47. The van der Waals surface area contributed by atoms with Gasteiger partial charge in [-0.15, -0.1) is 0 Å². The lowest BCUT2D eigenvalue weighted by Gasteiger charge is -2.16. The average Bonchev–Trinajstić information content (AvgIpc) is 2.34. The van der Waals surface area contributed by atoms with E-state index in [9.17, 15) is 4.79 Å². The fourth-order valence-corrected chi connectivity index (χ4v) is 1.34. The molecule has 0 heterocycles. The molecule has 88 valence electrons. The maximum absolute atomic E-state index is 11.9. The molecule has 0 aliphatic carbocycles. The Morgan fingerprint density at radius 1 is 1.44 bits per heavy atom. The van der Waals surface area contributed by atoms with E-state index in [0.29, 0.717) is 5.56 Å². The number of carbonyl (C=O) groups is 1. The fraction of sp³-hybridized carbons (Fsp3) is 0.417. The number of benzene rings is 1. The molecule has 0 saturated carbocycles. The molecule has 0 unspecified atom stereocenters. The lowest BCUT2D eigenvalue weighted by molar-refractivity contribution is -0.0756. The van der Waals surface area contributed by atoms with Crippen LogP contribution in [0.2, 0.25) is 0 Å². The normalized spacial score (nSPS) is 9.94. The minimum Gasteiger partial charge on any atom is -0.384 e. The van der Waals surface area contributed by atoms with E-state index in [-0.39, 0.29) is 5.91 Å². The zero-order chi connectivity index (χ0) is 12.0. The maximum Gasteiger partial charge on any atom is 0.279 e. The van der Waals surface area contributed by atoms with Crippen molar-refractivity contribution in [2.45, 2.75) is 13.3 Å². The first-order valence-electron chi connectivity index (χ1n) is 5.35. The summed E-state index contributed by atoms with van der Waals surface area (Å²) in [5, 5.41) is 4.43. The summed E-state index contributed by atoms with van der Waals surface area (Å²) in [4.78, 5) is 16.8. The largest absolute Gasteiger partial charge is 0.384 e. The van der Waals surface area contributed by atoms with E-state index in [2.05, 4.69) is 12.2 Å². The van der Waals surface area contributed by atoms with Crippen molar-refractivity contribution in [3.8, 4) is 0 Å². The first kappa shape index (κ1) is 12.5. The first-order valence-corrected chi connectivity index (χ1v) is 5.35. The van der Waals surface area contributed by atoms with Crippen LogP contribution in [0.4, 0.5) is 5.69 Å². The van der Waals surface area contributed by atoms with Crippen LogP contribution in [0.1, 0.15) is 23.7 Å². The Labute approximate surface area is 96.2 Å². The topological polar surface area (TPSA) is 41.6 Å². The van der Waals surface area contributed by atoms with Crippen molar-refractivity contribution in [2.24, 2.45) is 0 Å². The Morgan fingerprint density at radius 2 is 2.12 bits per heavy atom. The lowest BCUT2D eigenvalue weighted by Crippen LogP contribution is -2.26. The molecule has 0 aliphatic rings. The van der Waals surface area contributed by atoms with Crippen molar-refractivity contribution in [2.75, 3.05) is 26.0 Å². The van der Waals surface area contributed by atoms with Gasteiger partial charge in [-0.05, 0) is 18.6 Å². The average molecular weight is 222 g/mol. The fourth-order valence-electron chi connectivity index (χ4n) is 1.34. The van der Waals surface area contributed by atoms with Gasteiger partial charge in [-0.2, -0.15) is 0 Å². The Bertz CT molecular complexity index is 353. The van der Waals surface area contributed by atoms with Gasteiger partial charge in [0.05, 0.1) is 12.7 Å². The molecule has 1 amide bonds. The monoisotopic (exact) mass is 222 g/mol. The molecule has 0 aromatic heterocycles. The van der Waals surface area contributed by atoms with Gasteiger partial charge in [-0.1, -0.05) is 19.1 Å². The number of hydrogen-bond donors (Lipinski definition) is 1. The summed E-state index contributed by atoms with van der Waals surface area (Å²) in [6, 6.07) is 7.43. The lowest BCUT2D eigenvalue weighted by atomic mass is 10.1. The Balaban J connectivity index is 2.89. The highest BCUT2D eigenvalue weighted by Crippen LogP contribution is 2.16. The molecule has 0 fully saturated rings. The van der Waals surface area contributed by atoms with Gasteiger partial charge in [0, 0.05) is 19.3 Å². The number of nitrogens with zero attached hydrogens (tertiary/aromatic N) is 1. The number of nitrogens with one attached hydrogen (secondary N) is 1. The van der Waals surface area contributed by atoms with Crippen molar-refractivity contribution in [1.29, 1.82) is 0 Å². The van der Waals surface area contributed by atoms with Gasteiger partial charge < -0.3 is 5.32 Å². The van der Waals surface area contributed by atoms with Gasteiger partial charge in [-0.25, -0.2) is 5.06 Å². The van der Waals surface area contributed by atoms with Crippen LogP contribution in [0.3, 0.4) is 0 Å². The van der Waals surface area contributed by atoms with Crippen LogP contribution >= 0.6 is 0 Å². The number of amides is 1. The molecule has 0 bridgehead atoms. The second-order valence-corrected chi connectivity index (χ2v) is 3.46. The van der Waals surface area contributed by atoms with Crippen LogP contribution in [0.25, 0.3) is 0 Å². The number of anilines is 1. The highest BCUT2D eigenvalue weighted by molar-refractivity contribution is 5.98. The number of carbonyl (C=O) groups excluding carboxylic acids is 1. The van der Waals surface area contributed by atoms with Crippen molar-refractivity contribution in [3.63, 3.8) is 0 Å². The third kappa shape index (κ3) is 2.97. The molecule has 1 N–H and O–H groups in total. The smallest absolute Gasteiger partial charge is 0.279 e. The molecule has 4 heteroatoms. The summed E-state index contributed by atoms with van der Waals surface area (Å²) in [6.07, 6.45) is 1.02. The third-order valence-electron chi connectivity index (χ3n) is 2.28. The standard InChI is InChI=1S/C12H18N2O2/c1-4-9-13-11-8-6-5-7-10(11)12(15)14(2)16-3/h5-8,13H,4,9H2,1-3H3. The van der Waals surface area contributed by atoms with Crippen molar-refractivity contribution < 1.29 is 9.63 Å². The van der Waals surface area contributed by atoms with E-state index in [1.54, 1.807) is 13.1 Å². The maximum atomic E-state index is 11.9. The van der Waals surface area contributed by atoms with E-state index < -0.39 is 0 Å². The van der Waals surface area contributed by atoms with Crippen LogP contribution in [0.5, 0.6) is 0 Å². The molecular weight excluding hydrogens is 204 g/mol. The molecule has 0 radical (unpaired) electrons. The molecule has 4 nitrogen and oxygen atoms in total. The van der Waals surface area contributed by atoms with Gasteiger partial charge in [0.25, 0.3) is 5.91 Å². The first-order chi connectivity index (χ1) is 7.70. The quantitative estimate of drug-likeness (QED) is 0.776. The van der Waals surface area contributed by atoms with E-state index in [0.717, 1.165) is 18.7 Å². The van der Waals surface area contributed by atoms with Gasteiger partial charge >= 0.3 is 0 Å². The Morgan fingerprint density at radius 3 is 2.75 bits per heavy atom. The molecule has 0 saturated heterocycles. The summed E-state index contributed by atoms with van der Waals surface area (Å²) >= 11 is 0. The molecular formula is C12H18N2O2. The van der Waals surface area contributed by atoms with E-state index >= 15 is 0 Å². The highest BCUT2D eigenvalue weighted by atomic mass is 16.7. The number of para-hydroxylation sites is 1. The van der Waals surface area contributed by atoms with Crippen LogP contribution < -0.4 is 5.32 Å². The van der Waals surface area contributed by atoms with Crippen molar-refractivity contribution in [3.05, 3.63) is 29.8 Å². The summed E-state index contributed by atoms with van der Waals surface area (Å²) < 4.78 is 0. The number of hydroxylamine groups is 2. The Kier molecular flexibility index (Phi) is 4.79. The minimum absolute atomic E-state index is 0.151. The van der Waals surface area contributed by atoms with Crippen LogP contribution in [-0.4, -0.2) is 31.7 Å². The number of hydrogen-bond acceptors (Lipinski definition) is 3.